The molecule has 0 spiro atoms. The average molecular weight is 256 g/mol. The van der Waals surface area contributed by atoms with Crippen LogP contribution in [0.2, 0.25) is 0 Å². The maximum absolute atomic E-state index is 6.14. The molecule has 0 radical (unpaired) electrons. The van der Waals surface area contributed by atoms with Gasteiger partial charge in [0, 0.05) is 24.7 Å². The fraction of sp³-hybridized carbons (Fsp3) is 1.00. The Bertz CT molecular complexity index is 249. The highest BCUT2D eigenvalue weighted by Crippen LogP contribution is 2.34. The minimum Gasteiger partial charge on any atom is -0.378 e. The maximum Gasteiger partial charge on any atom is 0.0616 e. The number of nitrogens with zero attached hydrogens (tertiary/aromatic N) is 1. The molecule has 1 rings (SSSR count). The summed E-state index contributed by atoms with van der Waals surface area (Å²) in [4.78, 5) is 2.51. The zero-order valence-corrected chi connectivity index (χ0v) is 13.1. The molecule has 3 atom stereocenters. The first-order chi connectivity index (χ1) is 8.34. The molecule has 1 aliphatic heterocycles. The molecule has 108 valence electrons. The lowest BCUT2D eigenvalue weighted by Crippen LogP contribution is -2.60. The zero-order valence-electron chi connectivity index (χ0n) is 13.1. The second kappa shape index (κ2) is 6.36. The lowest BCUT2D eigenvalue weighted by Gasteiger charge is -2.50. The third-order valence-electron chi connectivity index (χ3n) is 4.93. The first-order valence-corrected chi connectivity index (χ1v) is 7.38. The summed E-state index contributed by atoms with van der Waals surface area (Å²) in [5, 5.41) is 0. The Morgan fingerprint density at radius 1 is 1.28 bits per heavy atom. The van der Waals surface area contributed by atoms with Gasteiger partial charge in [0.1, 0.15) is 0 Å². The average Bonchev–Trinajstić information content (AvgIpc) is 2.36. The molecule has 3 nitrogen and oxygen atoms in total. The van der Waals surface area contributed by atoms with E-state index in [2.05, 4.69) is 46.6 Å². The van der Waals surface area contributed by atoms with Crippen LogP contribution in [0, 0.1) is 11.8 Å². The molecule has 1 saturated heterocycles. The molecule has 3 heteroatoms. The smallest absolute Gasteiger partial charge is 0.0616 e. The van der Waals surface area contributed by atoms with Crippen LogP contribution in [0.1, 0.15) is 47.5 Å². The molecule has 1 aliphatic rings. The number of nitrogens with two attached hydrogens (primary N) is 1. The second-order valence-electron chi connectivity index (χ2n) is 6.63. The van der Waals surface area contributed by atoms with Gasteiger partial charge < -0.3 is 10.5 Å². The van der Waals surface area contributed by atoms with Crippen LogP contribution in [0.3, 0.4) is 0 Å². The van der Waals surface area contributed by atoms with Gasteiger partial charge in [0.15, 0.2) is 0 Å². The molecule has 0 saturated carbocycles. The van der Waals surface area contributed by atoms with Gasteiger partial charge in [-0.3, -0.25) is 4.90 Å². The van der Waals surface area contributed by atoms with E-state index < -0.39 is 0 Å². The molecule has 2 N–H and O–H groups in total. The summed E-state index contributed by atoms with van der Waals surface area (Å²) in [6, 6.07) is 0.555. The van der Waals surface area contributed by atoms with Crippen molar-refractivity contribution in [1.82, 2.24) is 4.90 Å². The summed E-state index contributed by atoms with van der Waals surface area (Å²) in [7, 11) is 2.24. The first kappa shape index (κ1) is 15.9. The molecule has 0 amide bonds. The van der Waals surface area contributed by atoms with Crippen LogP contribution in [0.25, 0.3) is 0 Å². The number of hydrogen-bond donors (Lipinski definition) is 1. The van der Waals surface area contributed by atoms with Gasteiger partial charge in [-0.15, -0.1) is 0 Å². The summed E-state index contributed by atoms with van der Waals surface area (Å²) >= 11 is 0. The van der Waals surface area contributed by atoms with Gasteiger partial charge >= 0.3 is 0 Å². The van der Waals surface area contributed by atoms with Crippen LogP contribution in [0.5, 0.6) is 0 Å². The lowest BCUT2D eigenvalue weighted by atomic mass is 9.80. The Balaban J connectivity index is 2.84. The van der Waals surface area contributed by atoms with Crippen LogP contribution in [-0.4, -0.2) is 42.8 Å². The summed E-state index contributed by atoms with van der Waals surface area (Å²) in [6.45, 7) is 12.9. The highest BCUT2D eigenvalue weighted by Gasteiger charge is 2.42. The monoisotopic (exact) mass is 256 g/mol. The topological polar surface area (TPSA) is 38.5 Å². The Hall–Kier alpha value is -0.120. The van der Waals surface area contributed by atoms with Crippen LogP contribution in [0.4, 0.5) is 0 Å². The van der Waals surface area contributed by atoms with Crippen LogP contribution in [0.15, 0.2) is 0 Å². The van der Waals surface area contributed by atoms with Gasteiger partial charge in [0.05, 0.1) is 6.10 Å². The third-order valence-corrected chi connectivity index (χ3v) is 4.93. The molecule has 0 bridgehead atoms. The zero-order chi connectivity index (χ0) is 13.9. The summed E-state index contributed by atoms with van der Waals surface area (Å²) in [5.74, 6) is 1.22. The van der Waals surface area contributed by atoms with E-state index in [4.69, 9.17) is 10.5 Å². The molecule has 3 unspecified atom stereocenters. The predicted molar refractivity (Wildman–Crippen MR) is 77.7 cm³/mol. The molecule has 0 aromatic rings. The maximum atomic E-state index is 6.14. The quantitative estimate of drug-likeness (QED) is 0.821. The van der Waals surface area contributed by atoms with E-state index in [0.29, 0.717) is 24.0 Å². The van der Waals surface area contributed by atoms with Gasteiger partial charge in [-0.05, 0) is 38.6 Å². The third kappa shape index (κ3) is 3.25. The highest BCUT2D eigenvalue weighted by atomic mass is 16.5. The molecule has 0 aliphatic carbocycles. The van der Waals surface area contributed by atoms with Crippen molar-refractivity contribution in [3.63, 3.8) is 0 Å². The summed E-state index contributed by atoms with van der Waals surface area (Å²) < 4.78 is 5.90. The molecular weight excluding hydrogens is 224 g/mol. The lowest BCUT2D eigenvalue weighted by molar-refractivity contribution is -0.0931. The largest absolute Gasteiger partial charge is 0.378 e. The van der Waals surface area contributed by atoms with E-state index in [1.54, 1.807) is 0 Å². The number of ether oxygens (including phenoxy) is 1. The molecular formula is C15H32N2O. The van der Waals surface area contributed by atoms with Gasteiger partial charge in [-0.25, -0.2) is 0 Å². The van der Waals surface area contributed by atoms with Gasteiger partial charge in [-0.2, -0.15) is 0 Å². The van der Waals surface area contributed by atoms with E-state index in [1.807, 2.05) is 0 Å². The van der Waals surface area contributed by atoms with Crippen molar-refractivity contribution in [2.24, 2.45) is 17.6 Å². The van der Waals surface area contributed by atoms with E-state index in [1.165, 1.54) is 0 Å². The Morgan fingerprint density at radius 2 is 1.89 bits per heavy atom. The molecule has 0 aromatic carbocycles. The fourth-order valence-electron chi connectivity index (χ4n) is 2.89. The van der Waals surface area contributed by atoms with Crippen molar-refractivity contribution in [2.45, 2.75) is 65.1 Å². The van der Waals surface area contributed by atoms with Gasteiger partial charge in [-0.1, -0.05) is 27.7 Å². The van der Waals surface area contributed by atoms with E-state index in [0.717, 1.165) is 26.0 Å². The van der Waals surface area contributed by atoms with Crippen LogP contribution >= 0.6 is 0 Å². The van der Waals surface area contributed by atoms with E-state index >= 15 is 0 Å². The minimum absolute atomic E-state index is 0.122. The van der Waals surface area contributed by atoms with Gasteiger partial charge in [0.25, 0.3) is 0 Å². The second-order valence-corrected chi connectivity index (χ2v) is 6.63. The molecule has 18 heavy (non-hydrogen) atoms. The summed E-state index contributed by atoms with van der Waals surface area (Å²) in [5.41, 5.74) is 6.26. The molecule has 0 aromatic heterocycles. The van der Waals surface area contributed by atoms with Crippen molar-refractivity contribution < 1.29 is 4.74 Å². The SMILES string of the molecule is CC(C)C1CC(CN)(N(C)C(C)C(C)C)CCO1. The molecule has 1 fully saturated rings. The number of likely N-dealkylation sites (N-methyl/N-ethyl adjacent to an activating group) is 1. The fourth-order valence-corrected chi connectivity index (χ4v) is 2.89. The van der Waals surface area contributed by atoms with Crippen molar-refractivity contribution in [3.05, 3.63) is 0 Å². The standard InChI is InChI=1S/C15H32N2O/c1-11(2)13(5)17(6)15(10-16)7-8-18-14(9-15)12(3)4/h11-14H,7-10,16H2,1-6H3. The predicted octanol–water partition coefficient (Wildman–Crippen LogP) is 2.50. The van der Waals surface area contributed by atoms with Crippen molar-refractivity contribution >= 4 is 0 Å². The number of hydrogen-bond acceptors (Lipinski definition) is 3. The Morgan fingerprint density at radius 3 is 2.33 bits per heavy atom. The Kier molecular flexibility index (Phi) is 5.63. The minimum atomic E-state index is 0.122. The number of rotatable bonds is 5. The normalized spacial score (nSPS) is 31.3. The molecule has 1 heterocycles. The van der Waals surface area contributed by atoms with Crippen LogP contribution in [-0.2, 0) is 4.74 Å². The highest BCUT2D eigenvalue weighted by molar-refractivity contribution is 4.97. The van der Waals surface area contributed by atoms with E-state index in [9.17, 15) is 0 Å². The Labute approximate surface area is 113 Å². The van der Waals surface area contributed by atoms with Crippen LogP contribution < -0.4 is 5.73 Å². The van der Waals surface area contributed by atoms with Gasteiger partial charge in [0.2, 0.25) is 0 Å². The van der Waals surface area contributed by atoms with Crippen molar-refractivity contribution in [3.8, 4) is 0 Å². The van der Waals surface area contributed by atoms with Crippen molar-refractivity contribution in [1.29, 1.82) is 0 Å². The summed E-state index contributed by atoms with van der Waals surface area (Å²) in [6.07, 6.45) is 2.47. The first-order valence-electron chi connectivity index (χ1n) is 7.38. The van der Waals surface area contributed by atoms with Crippen molar-refractivity contribution in [2.75, 3.05) is 20.2 Å². The van der Waals surface area contributed by atoms with E-state index in [-0.39, 0.29) is 5.54 Å².